The minimum Gasteiger partial charge on any atom is -0.317 e. The second-order valence-corrected chi connectivity index (χ2v) is 9.97. The highest BCUT2D eigenvalue weighted by molar-refractivity contribution is 5.06. The van der Waals surface area contributed by atoms with Crippen LogP contribution in [-0.4, -0.2) is 61.2 Å². The van der Waals surface area contributed by atoms with Crippen molar-refractivity contribution in [1.82, 2.24) is 15.1 Å². The fourth-order valence-electron chi connectivity index (χ4n) is 6.58. The van der Waals surface area contributed by atoms with E-state index in [1.165, 1.54) is 90.6 Å². The molecule has 3 saturated heterocycles. The molecule has 23 heavy (non-hydrogen) atoms. The first-order valence-corrected chi connectivity index (χ1v) is 10.3. The van der Waals surface area contributed by atoms with E-state index < -0.39 is 0 Å². The summed E-state index contributed by atoms with van der Waals surface area (Å²) in [6, 6.07) is 1.90. The summed E-state index contributed by atoms with van der Waals surface area (Å²) in [4.78, 5) is 5.63. The van der Waals surface area contributed by atoms with E-state index >= 15 is 0 Å². The van der Waals surface area contributed by atoms with Gasteiger partial charge in [-0.2, -0.15) is 0 Å². The maximum absolute atomic E-state index is 3.54. The van der Waals surface area contributed by atoms with Gasteiger partial charge in [-0.1, -0.05) is 6.92 Å². The first-order valence-electron chi connectivity index (χ1n) is 10.3. The predicted molar refractivity (Wildman–Crippen MR) is 94.6 cm³/mol. The van der Waals surface area contributed by atoms with Crippen LogP contribution in [0.5, 0.6) is 0 Å². The lowest BCUT2D eigenvalue weighted by Crippen LogP contribution is -2.62. The number of piperidine rings is 2. The third-order valence-electron chi connectivity index (χ3n) is 8.32. The van der Waals surface area contributed by atoms with Gasteiger partial charge in [0.25, 0.3) is 0 Å². The molecule has 0 aromatic heterocycles. The molecule has 3 nitrogen and oxygen atoms in total. The second kappa shape index (κ2) is 5.44. The molecule has 5 fully saturated rings. The summed E-state index contributed by atoms with van der Waals surface area (Å²) in [7, 11) is 0. The van der Waals surface area contributed by atoms with Crippen LogP contribution in [0.15, 0.2) is 0 Å². The molecular formula is C20H35N3. The molecular weight excluding hydrogens is 282 g/mol. The van der Waals surface area contributed by atoms with Crippen LogP contribution in [0.2, 0.25) is 0 Å². The van der Waals surface area contributed by atoms with Crippen molar-refractivity contribution >= 4 is 0 Å². The largest absolute Gasteiger partial charge is 0.317 e. The number of nitrogens with one attached hydrogen (secondary N) is 1. The molecule has 0 atom stereocenters. The first-order chi connectivity index (χ1) is 11.2. The Morgan fingerprint density at radius 2 is 1.26 bits per heavy atom. The van der Waals surface area contributed by atoms with E-state index in [1.807, 2.05) is 0 Å². The zero-order valence-electron chi connectivity index (χ0n) is 15.0. The van der Waals surface area contributed by atoms with Crippen molar-refractivity contribution in [3.63, 3.8) is 0 Å². The Balaban J connectivity index is 1.08. The minimum atomic E-state index is 0.751. The topological polar surface area (TPSA) is 18.5 Å². The molecule has 2 saturated carbocycles. The van der Waals surface area contributed by atoms with Crippen molar-refractivity contribution in [2.24, 2.45) is 16.7 Å². The van der Waals surface area contributed by atoms with Gasteiger partial charge in [0.1, 0.15) is 0 Å². The second-order valence-electron chi connectivity index (χ2n) is 9.97. The van der Waals surface area contributed by atoms with Gasteiger partial charge in [0.15, 0.2) is 0 Å². The highest BCUT2D eigenvalue weighted by atomic mass is 15.2. The molecule has 0 aromatic carbocycles. The molecule has 0 unspecified atom stereocenters. The van der Waals surface area contributed by atoms with Crippen molar-refractivity contribution in [1.29, 1.82) is 0 Å². The summed E-state index contributed by atoms with van der Waals surface area (Å²) in [5.41, 5.74) is 1.51. The Kier molecular flexibility index (Phi) is 3.58. The van der Waals surface area contributed by atoms with E-state index in [4.69, 9.17) is 0 Å². The van der Waals surface area contributed by atoms with Crippen molar-refractivity contribution < 1.29 is 0 Å². The maximum Gasteiger partial charge on any atom is 0.0106 e. The number of likely N-dealkylation sites (tertiary alicyclic amines) is 2. The Morgan fingerprint density at radius 3 is 1.83 bits per heavy atom. The Labute approximate surface area is 142 Å². The van der Waals surface area contributed by atoms with E-state index in [1.54, 1.807) is 0 Å². The Morgan fingerprint density at radius 1 is 0.739 bits per heavy atom. The lowest BCUT2D eigenvalue weighted by molar-refractivity contribution is -0.0984. The smallest absolute Gasteiger partial charge is 0.0106 e. The average molecular weight is 318 g/mol. The van der Waals surface area contributed by atoms with Gasteiger partial charge in [-0.05, 0) is 94.3 Å². The molecule has 2 aliphatic carbocycles. The zero-order valence-corrected chi connectivity index (χ0v) is 15.0. The number of hydrogen-bond donors (Lipinski definition) is 1. The summed E-state index contributed by atoms with van der Waals surface area (Å²) in [6.45, 7) is 10.5. The SMILES string of the molecule is CC1CN(C2CC3(CCN(C4CC5(CCNCC5)C4)CC3)C2)C1. The molecule has 5 aliphatic rings. The van der Waals surface area contributed by atoms with Crippen molar-refractivity contribution in [2.75, 3.05) is 39.3 Å². The molecule has 130 valence electrons. The van der Waals surface area contributed by atoms with E-state index in [0.29, 0.717) is 0 Å². The van der Waals surface area contributed by atoms with Crippen LogP contribution >= 0.6 is 0 Å². The molecule has 0 aromatic rings. The fraction of sp³-hybridized carbons (Fsp3) is 1.00. The highest BCUT2D eigenvalue weighted by Crippen LogP contribution is 2.55. The van der Waals surface area contributed by atoms with Crippen LogP contribution in [0.25, 0.3) is 0 Å². The van der Waals surface area contributed by atoms with Gasteiger partial charge in [-0.3, -0.25) is 4.90 Å². The molecule has 1 N–H and O–H groups in total. The van der Waals surface area contributed by atoms with Crippen LogP contribution in [0.4, 0.5) is 0 Å². The van der Waals surface area contributed by atoms with E-state index in [9.17, 15) is 0 Å². The zero-order chi connectivity index (χ0) is 15.5. The lowest BCUT2D eigenvalue weighted by Gasteiger charge is -2.60. The Hall–Kier alpha value is -0.120. The van der Waals surface area contributed by atoms with Crippen molar-refractivity contribution in [3.8, 4) is 0 Å². The fourth-order valence-corrected chi connectivity index (χ4v) is 6.58. The van der Waals surface area contributed by atoms with Crippen LogP contribution in [0, 0.1) is 16.7 Å². The molecule has 0 amide bonds. The summed E-state index contributed by atoms with van der Waals surface area (Å²) < 4.78 is 0. The van der Waals surface area contributed by atoms with Gasteiger partial charge in [-0.15, -0.1) is 0 Å². The van der Waals surface area contributed by atoms with Crippen LogP contribution in [0.3, 0.4) is 0 Å². The Bertz CT molecular complexity index is 426. The van der Waals surface area contributed by atoms with Gasteiger partial charge in [0.2, 0.25) is 0 Å². The number of hydrogen-bond acceptors (Lipinski definition) is 3. The molecule has 2 spiro atoms. The normalized spacial score (nSPS) is 38.2. The molecule has 3 aliphatic heterocycles. The third kappa shape index (κ3) is 2.58. The van der Waals surface area contributed by atoms with Crippen molar-refractivity contribution in [2.45, 2.75) is 70.4 Å². The van der Waals surface area contributed by atoms with E-state index in [-0.39, 0.29) is 0 Å². The van der Waals surface area contributed by atoms with Gasteiger partial charge < -0.3 is 10.2 Å². The monoisotopic (exact) mass is 317 g/mol. The molecule has 0 radical (unpaired) electrons. The minimum absolute atomic E-state index is 0.751. The van der Waals surface area contributed by atoms with Crippen LogP contribution < -0.4 is 5.32 Å². The molecule has 5 rings (SSSR count). The van der Waals surface area contributed by atoms with Crippen LogP contribution in [-0.2, 0) is 0 Å². The van der Waals surface area contributed by atoms with E-state index in [2.05, 4.69) is 22.0 Å². The van der Waals surface area contributed by atoms with Gasteiger partial charge >= 0.3 is 0 Å². The predicted octanol–water partition coefficient (Wildman–Crippen LogP) is 2.71. The van der Waals surface area contributed by atoms with Gasteiger partial charge in [0, 0.05) is 25.2 Å². The van der Waals surface area contributed by atoms with Crippen LogP contribution in [0.1, 0.15) is 58.3 Å². The summed E-state index contributed by atoms with van der Waals surface area (Å²) >= 11 is 0. The summed E-state index contributed by atoms with van der Waals surface area (Å²) in [6.07, 6.45) is 11.9. The summed E-state index contributed by atoms with van der Waals surface area (Å²) in [5.74, 6) is 0.967. The third-order valence-corrected chi connectivity index (χ3v) is 8.32. The van der Waals surface area contributed by atoms with Gasteiger partial charge in [-0.25, -0.2) is 0 Å². The quantitative estimate of drug-likeness (QED) is 0.845. The average Bonchev–Trinajstić information content (AvgIpc) is 2.48. The summed E-state index contributed by atoms with van der Waals surface area (Å²) in [5, 5.41) is 3.54. The molecule has 3 heterocycles. The number of nitrogens with zero attached hydrogens (tertiary/aromatic N) is 2. The number of rotatable bonds is 2. The highest BCUT2D eigenvalue weighted by Gasteiger charge is 2.52. The van der Waals surface area contributed by atoms with Gasteiger partial charge in [0.05, 0.1) is 0 Å². The van der Waals surface area contributed by atoms with Crippen molar-refractivity contribution in [3.05, 3.63) is 0 Å². The molecule has 0 bridgehead atoms. The maximum atomic E-state index is 3.54. The molecule has 3 heteroatoms. The first kappa shape index (κ1) is 15.2. The standard InChI is InChI=1S/C20H35N3/c1-16-14-23(15-16)18-12-20(13-18)4-8-22(9-5-20)17-10-19(11-17)2-6-21-7-3-19/h16-18,21H,2-15H2,1H3. The van der Waals surface area contributed by atoms with E-state index in [0.717, 1.165) is 28.8 Å². The lowest BCUT2D eigenvalue weighted by atomic mass is 9.57.